The van der Waals surface area contributed by atoms with Crippen LogP contribution in [0.3, 0.4) is 0 Å². The molecule has 0 aliphatic carbocycles. The van der Waals surface area contributed by atoms with Crippen LogP contribution in [-0.2, 0) is 36.8 Å². The number of amides is 2. The van der Waals surface area contributed by atoms with Gasteiger partial charge in [0, 0.05) is 29.3 Å². The SMILES string of the molecule is CCC(=O)Nc1cc(Oc2c(C)cc(NC(=O)C(CC)Oc3ccc(C(C)(C)CC)cc3C(C)(C)CC)cc2C)c(COOC)cc1O. The Hall–Kier alpha value is -4.08. The van der Waals surface area contributed by atoms with Gasteiger partial charge in [-0.3, -0.25) is 9.59 Å². The van der Waals surface area contributed by atoms with Crippen molar-refractivity contribution in [3.8, 4) is 23.0 Å². The first-order valence-electron chi connectivity index (χ1n) is 16.8. The zero-order valence-electron chi connectivity index (χ0n) is 30.6. The average molecular weight is 663 g/mol. The molecule has 0 bridgehead atoms. The minimum absolute atomic E-state index is 0.00227. The molecular weight excluding hydrogens is 608 g/mol. The second-order valence-electron chi connectivity index (χ2n) is 13.5. The lowest BCUT2D eigenvalue weighted by Crippen LogP contribution is -2.33. The maximum Gasteiger partial charge on any atom is 0.265 e. The van der Waals surface area contributed by atoms with Gasteiger partial charge in [0.25, 0.3) is 5.91 Å². The maximum absolute atomic E-state index is 13.6. The molecule has 9 heteroatoms. The van der Waals surface area contributed by atoms with E-state index in [9.17, 15) is 14.7 Å². The molecule has 0 fully saturated rings. The van der Waals surface area contributed by atoms with E-state index in [4.69, 9.17) is 19.2 Å². The Morgan fingerprint density at radius 1 is 0.854 bits per heavy atom. The zero-order valence-corrected chi connectivity index (χ0v) is 30.6. The van der Waals surface area contributed by atoms with Crippen LogP contribution in [0.4, 0.5) is 11.4 Å². The van der Waals surface area contributed by atoms with Crippen LogP contribution < -0.4 is 20.1 Å². The summed E-state index contributed by atoms with van der Waals surface area (Å²) in [5, 5.41) is 16.3. The van der Waals surface area contributed by atoms with Crippen molar-refractivity contribution in [3.63, 3.8) is 0 Å². The number of ether oxygens (including phenoxy) is 2. The Bertz CT molecular complexity index is 1570. The lowest BCUT2D eigenvalue weighted by molar-refractivity contribution is -0.282. The molecule has 48 heavy (non-hydrogen) atoms. The first-order valence-corrected chi connectivity index (χ1v) is 16.8. The molecule has 0 aromatic heterocycles. The lowest BCUT2D eigenvalue weighted by Gasteiger charge is -2.31. The summed E-state index contributed by atoms with van der Waals surface area (Å²) in [6, 6.07) is 13.1. The third-order valence-electron chi connectivity index (χ3n) is 9.24. The molecule has 0 aliphatic rings. The number of aromatic hydroxyl groups is 1. The third kappa shape index (κ3) is 9.29. The Balaban J connectivity index is 1.89. The van der Waals surface area contributed by atoms with Crippen molar-refractivity contribution >= 4 is 23.2 Å². The molecule has 9 nitrogen and oxygen atoms in total. The van der Waals surface area contributed by atoms with Crippen LogP contribution in [0.5, 0.6) is 23.0 Å². The van der Waals surface area contributed by atoms with Crippen molar-refractivity contribution in [2.45, 2.75) is 118 Å². The minimum atomic E-state index is -0.699. The number of rotatable bonds is 16. The fraction of sp³-hybridized carbons (Fsp3) is 0.487. The van der Waals surface area contributed by atoms with Crippen molar-refractivity contribution in [1.29, 1.82) is 0 Å². The van der Waals surface area contributed by atoms with Gasteiger partial charge in [-0.25, -0.2) is 9.78 Å². The number of anilines is 2. The average Bonchev–Trinajstić information content (AvgIpc) is 3.05. The summed E-state index contributed by atoms with van der Waals surface area (Å²) in [4.78, 5) is 35.6. The van der Waals surface area contributed by atoms with E-state index >= 15 is 0 Å². The van der Waals surface area contributed by atoms with E-state index < -0.39 is 6.10 Å². The van der Waals surface area contributed by atoms with Crippen LogP contribution in [0.15, 0.2) is 42.5 Å². The van der Waals surface area contributed by atoms with Crippen molar-refractivity contribution in [2.75, 3.05) is 17.7 Å². The van der Waals surface area contributed by atoms with E-state index in [0.29, 0.717) is 29.2 Å². The van der Waals surface area contributed by atoms with Gasteiger partial charge >= 0.3 is 0 Å². The van der Waals surface area contributed by atoms with Crippen LogP contribution in [0, 0.1) is 13.8 Å². The van der Waals surface area contributed by atoms with Gasteiger partial charge in [0.15, 0.2) is 6.10 Å². The number of phenolic OH excluding ortho intramolecular Hbond substituents is 1. The number of carbonyl (C=O) groups excluding carboxylic acids is 2. The second kappa shape index (κ2) is 16.3. The lowest BCUT2D eigenvalue weighted by atomic mass is 9.76. The van der Waals surface area contributed by atoms with Gasteiger partial charge in [-0.2, -0.15) is 0 Å². The van der Waals surface area contributed by atoms with Gasteiger partial charge in [0.2, 0.25) is 5.91 Å². The molecule has 0 aliphatic heterocycles. The van der Waals surface area contributed by atoms with Crippen LogP contribution >= 0.6 is 0 Å². The van der Waals surface area contributed by atoms with Gasteiger partial charge in [0.1, 0.15) is 29.6 Å². The van der Waals surface area contributed by atoms with E-state index in [-0.39, 0.29) is 47.1 Å². The van der Waals surface area contributed by atoms with E-state index in [1.54, 1.807) is 13.0 Å². The summed E-state index contributed by atoms with van der Waals surface area (Å²) >= 11 is 0. The fourth-order valence-electron chi connectivity index (χ4n) is 5.25. The molecule has 0 saturated carbocycles. The predicted molar refractivity (Wildman–Crippen MR) is 191 cm³/mol. The molecule has 0 spiro atoms. The molecule has 0 radical (unpaired) electrons. The van der Waals surface area contributed by atoms with Crippen molar-refractivity contribution in [2.24, 2.45) is 0 Å². The quantitative estimate of drug-likeness (QED) is 0.0795. The Morgan fingerprint density at radius 3 is 2.06 bits per heavy atom. The van der Waals surface area contributed by atoms with E-state index in [1.165, 1.54) is 18.7 Å². The number of benzene rings is 3. The van der Waals surface area contributed by atoms with Crippen LogP contribution in [0.25, 0.3) is 0 Å². The summed E-state index contributed by atoms with van der Waals surface area (Å²) in [5.74, 6) is 1.06. The van der Waals surface area contributed by atoms with Gasteiger partial charge < -0.3 is 25.2 Å². The van der Waals surface area contributed by atoms with Crippen molar-refractivity contribution < 1.29 is 33.9 Å². The molecule has 2 amide bonds. The first-order chi connectivity index (χ1) is 22.6. The monoisotopic (exact) mass is 662 g/mol. The zero-order chi connectivity index (χ0) is 35.8. The number of hydrogen-bond acceptors (Lipinski definition) is 7. The highest BCUT2D eigenvalue weighted by Crippen LogP contribution is 2.40. The number of nitrogens with one attached hydrogen (secondary N) is 2. The molecule has 0 saturated heterocycles. The first kappa shape index (κ1) is 38.4. The summed E-state index contributed by atoms with van der Waals surface area (Å²) in [6.07, 6.45) is 1.98. The Morgan fingerprint density at radius 2 is 1.50 bits per heavy atom. The summed E-state index contributed by atoms with van der Waals surface area (Å²) in [6.45, 7) is 20.7. The maximum atomic E-state index is 13.6. The number of aryl methyl sites for hydroxylation is 2. The number of phenols is 1. The van der Waals surface area contributed by atoms with Gasteiger partial charge in [-0.05, 0) is 84.9 Å². The highest BCUT2D eigenvalue weighted by molar-refractivity contribution is 5.95. The smallest absolute Gasteiger partial charge is 0.265 e. The number of hydrogen-bond donors (Lipinski definition) is 3. The largest absolute Gasteiger partial charge is 0.506 e. The Labute approximate surface area is 286 Å². The van der Waals surface area contributed by atoms with E-state index in [0.717, 1.165) is 35.3 Å². The van der Waals surface area contributed by atoms with Crippen LogP contribution in [0.2, 0.25) is 0 Å². The van der Waals surface area contributed by atoms with Crippen LogP contribution in [-0.4, -0.2) is 30.1 Å². The third-order valence-corrected chi connectivity index (χ3v) is 9.24. The minimum Gasteiger partial charge on any atom is -0.506 e. The summed E-state index contributed by atoms with van der Waals surface area (Å²) in [5.41, 5.74) is 5.14. The fourth-order valence-corrected chi connectivity index (χ4v) is 5.25. The molecule has 0 heterocycles. The summed E-state index contributed by atoms with van der Waals surface area (Å²) in [7, 11) is 1.39. The molecule has 1 atom stereocenters. The highest BCUT2D eigenvalue weighted by atomic mass is 17.2. The molecule has 262 valence electrons. The predicted octanol–water partition coefficient (Wildman–Crippen LogP) is 9.40. The van der Waals surface area contributed by atoms with Gasteiger partial charge in [-0.15, -0.1) is 0 Å². The van der Waals surface area contributed by atoms with Crippen molar-refractivity contribution in [1.82, 2.24) is 0 Å². The molecule has 3 N–H and O–H groups in total. The molecule has 1 unspecified atom stereocenters. The summed E-state index contributed by atoms with van der Waals surface area (Å²) < 4.78 is 12.8. The number of carbonyl (C=O) groups is 2. The van der Waals surface area contributed by atoms with Crippen molar-refractivity contribution in [3.05, 3.63) is 70.3 Å². The van der Waals surface area contributed by atoms with Gasteiger partial charge in [0.05, 0.1) is 12.8 Å². The highest BCUT2D eigenvalue weighted by Gasteiger charge is 2.29. The normalized spacial score (nSPS) is 12.4. The molecule has 3 rings (SSSR count). The molecule has 3 aromatic rings. The van der Waals surface area contributed by atoms with Gasteiger partial charge in [-0.1, -0.05) is 67.5 Å². The topological polar surface area (TPSA) is 115 Å². The standard InChI is InChI=1S/C39H54N2O7/c1-12-32(47-33-17-16-27(38(7,8)14-3)21-29(33)39(9,10)15-4)37(44)40-28-18-24(5)36(25(6)19-28)48-34-22-30(41-35(43)13-2)31(42)20-26(34)23-46-45-11/h16-22,32,42H,12-15,23H2,1-11H3,(H,40,44)(H,41,43). The van der Waals surface area contributed by atoms with E-state index in [2.05, 4.69) is 64.3 Å². The Kier molecular flexibility index (Phi) is 13.1. The van der Waals surface area contributed by atoms with Crippen LogP contribution in [0.1, 0.15) is 109 Å². The van der Waals surface area contributed by atoms with E-state index in [1.807, 2.05) is 39.0 Å². The second-order valence-corrected chi connectivity index (χ2v) is 13.5. The molecule has 3 aromatic carbocycles. The molecular formula is C39H54N2O7.